The van der Waals surface area contributed by atoms with E-state index >= 15 is 0 Å². The first-order valence-electron chi connectivity index (χ1n) is 13.0. The topological polar surface area (TPSA) is 89.0 Å². The molecule has 2 unspecified atom stereocenters. The van der Waals surface area contributed by atoms with Gasteiger partial charge in [-0.3, -0.25) is 9.59 Å². The predicted octanol–water partition coefficient (Wildman–Crippen LogP) is 5.81. The molecule has 0 saturated carbocycles. The number of nitrogens with one attached hydrogen (secondary N) is 2. The number of rotatable bonds is 14. The molecule has 0 fully saturated rings. The van der Waals surface area contributed by atoms with Crippen molar-refractivity contribution >= 4 is 18.0 Å². The van der Waals surface area contributed by atoms with Gasteiger partial charge in [-0.15, -0.1) is 0 Å². The van der Waals surface area contributed by atoms with Gasteiger partial charge in [-0.05, 0) is 76.5 Å². The molecule has 2 N–H and O–H groups in total. The Labute approximate surface area is 216 Å². The Kier molecular flexibility index (Phi) is 12.8. The smallest absolute Gasteiger partial charge is 0.251 e. The summed E-state index contributed by atoms with van der Waals surface area (Å²) in [6, 6.07) is 5.08. The maximum atomic E-state index is 12.3. The number of carbonyl (C=O) groups excluding carboxylic acids is 2. The van der Waals surface area contributed by atoms with Crippen LogP contribution in [0, 0.1) is 11.8 Å². The molecule has 1 aromatic carbocycles. The summed E-state index contributed by atoms with van der Waals surface area (Å²) in [6.07, 6.45) is 13.7. The Hall–Kier alpha value is -3.09. The Morgan fingerprint density at radius 2 is 1.89 bits per heavy atom. The average molecular weight is 498 g/mol. The number of hydrazone groups is 1. The van der Waals surface area contributed by atoms with Crippen molar-refractivity contribution in [1.29, 1.82) is 0 Å². The number of amides is 2. The Bertz CT molecular complexity index is 948. The highest BCUT2D eigenvalue weighted by Gasteiger charge is 2.20. The van der Waals surface area contributed by atoms with Crippen molar-refractivity contribution in [2.75, 3.05) is 20.8 Å². The molecule has 0 aliphatic heterocycles. The number of allylic oxidation sites excluding steroid dienone is 4. The first-order valence-corrected chi connectivity index (χ1v) is 13.0. The SMILES string of the molecule is COc1ccc(C(=O)NCCCCCC(=O)N/N=C/C2CC=C(CCC=C(C)C)CC2C)cc1OC. The van der Waals surface area contributed by atoms with Crippen LogP contribution in [-0.2, 0) is 4.79 Å². The van der Waals surface area contributed by atoms with Gasteiger partial charge in [-0.1, -0.05) is 36.6 Å². The lowest BCUT2D eigenvalue weighted by molar-refractivity contribution is -0.121. The van der Waals surface area contributed by atoms with Gasteiger partial charge in [0.05, 0.1) is 14.2 Å². The molecule has 0 radical (unpaired) electrons. The highest BCUT2D eigenvalue weighted by molar-refractivity contribution is 5.94. The van der Waals surface area contributed by atoms with Crippen molar-refractivity contribution in [1.82, 2.24) is 10.7 Å². The minimum atomic E-state index is -0.158. The normalized spacial score (nSPS) is 17.3. The lowest BCUT2D eigenvalue weighted by Gasteiger charge is -2.25. The van der Waals surface area contributed by atoms with E-state index in [1.165, 1.54) is 11.1 Å². The van der Waals surface area contributed by atoms with Crippen LogP contribution in [0.15, 0.2) is 46.6 Å². The second-order valence-electron chi connectivity index (χ2n) is 9.71. The van der Waals surface area contributed by atoms with Crippen LogP contribution in [0.5, 0.6) is 11.5 Å². The zero-order valence-corrected chi connectivity index (χ0v) is 22.6. The third kappa shape index (κ3) is 10.3. The fourth-order valence-electron chi connectivity index (χ4n) is 4.27. The summed E-state index contributed by atoms with van der Waals surface area (Å²) < 4.78 is 10.4. The van der Waals surface area contributed by atoms with E-state index in [1.54, 1.807) is 32.4 Å². The van der Waals surface area contributed by atoms with Crippen molar-refractivity contribution in [3.8, 4) is 11.5 Å². The van der Waals surface area contributed by atoms with Gasteiger partial charge >= 0.3 is 0 Å². The number of carbonyl (C=O) groups is 2. The first kappa shape index (κ1) is 29.1. The highest BCUT2D eigenvalue weighted by Crippen LogP contribution is 2.30. The average Bonchev–Trinajstić information content (AvgIpc) is 2.86. The number of hydrogen-bond donors (Lipinski definition) is 2. The van der Waals surface area contributed by atoms with E-state index in [9.17, 15) is 9.59 Å². The molecule has 7 nitrogen and oxygen atoms in total. The standard InChI is InChI=1S/C29H43N3O4/c1-21(2)10-9-11-23-13-14-25(22(3)18-23)20-31-32-28(33)12-7-6-8-17-30-29(34)24-15-16-26(35-4)27(19-24)36-5/h10,13,15-16,19-20,22,25H,6-9,11-12,14,17-18H2,1-5H3,(H,30,34)(H,32,33)/b31-20+. The number of ether oxygens (including phenoxy) is 2. The molecule has 0 spiro atoms. The molecule has 198 valence electrons. The Morgan fingerprint density at radius 1 is 1.11 bits per heavy atom. The third-order valence-corrected chi connectivity index (χ3v) is 6.48. The largest absolute Gasteiger partial charge is 0.493 e. The number of unbranched alkanes of at least 4 members (excludes halogenated alkanes) is 2. The van der Waals surface area contributed by atoms with Crippen molar-refractivity contribution in [3.05, 3.63) is 47.1 Å². The first-order chi connectivity index (χ1) is 17.3. The monoisotopic (exact) mass is 497 g/mol. The van der Waals surface area contributed by atoms with Crippen molar-refractivity contribution < 1.29 is 19.1 Å². The van der Waals surface area contributed by atoms with Crippen LogP contribution >= 0.6 is 0 Å². The van der Waals surface area contributed by atoms with Crippen LogP contribution in [0.1, 0.15) is 82.5 Å². The van der Waals surface area contributed by atoms with Crippen molar-refractivity contribution in [2.45, 2.75) is 72.1 Å². The summed E-state index contributed by atoms with van der Waals surface area (Å²) in [5, 5.41) is 7.12. The molecule has 1 aliphatic rings. The van der Waals surface area contributed by atoms with E-state index in [4.69, 9.17) is 9.47 Å². The van der Waals surface area contributed by atoms with Crippen LogP contribution in [0.2, 0.25) is 0 Å². The second-order valence-corrected chi connectivity index (χ2v) is 9.71. The van der Waals surface area contributed by atoms with Crippen LogP contribution in [0.3, 0.4) is 0 Å². The summed E-state index contributed by atoms with van der Waals surface area (Å²) in [5.74, 6) is 1.78. The van der Waals surface area contributed by atoms with Crippen LogP contribution in [0.25, 0.3) is 0 Å². The molecule has 0 aromatic heterocycles. The molecular weight excluding hydrogens is 454 g/mol. The summed E-state index contributed by atoms with van der Waals surface area (Å²) >= 11 is 0. The van der Waals surface area contributed by atoms with Gasteiger partial charge in [0.25, 0.3) is 5.91 Å². The minimum Gasteiger partial charge on any atom is -0.493 e. The van der Waals surface area contributed by atoms with Crippen LogP contribution in [0.4, 0.5) is 0 Å². The number of benzene rings is 1. The number of hydrogen-bond acceptors (Lipinski definition) is 5. The van der Waals surface area contributed by atoms with E-state index in [0.717, 1.165) is 44.9 Å². The number of methoxy groups -OCH3 is 2. The quantitative estimate of drug-likeness (QED) is 0.147. The summed E-state index contributed by atoms with van der Waals surface area (Å²) in [4.78, 5) is 24.4. The van der Waals surface area contributed by atoms with Crippen LogP contribution in [-0.4, -0.2) is 38.8 Å². The lowest BCUT2D eigenvalue weighted by Crippen LogP contribution is -2.24. The van der Waals surface area contributed by atoms with Gasteiger partial charge in [0.1, 0.15) is 0 Å². The van der Waals surface area contributed by atoms with Gasteiger partial charge < -0.3 is 14.8 Å². The molecular formula is C29H43N3O4. The van der Waals surface area contributed by atoms with E-state index < -0.39 is 0 Å². The lowest BCUT2D eigenvalue weighted by atomic mass is 9.80. The van der Waals surface area contributed by atoms with E-state index in [2.05, 4.69) is 48.8 Å². The Morgan fingerprint density at radius 3 is 2.58 bits per heavy atom. The van der Waals surface area contributed by atoms with Gasteiger partial charge in [-0.25, -0.2) is 5.43 Å². The van der Waals surface area contributed by atoms with E-state index in [0.29, 0.717) is 41.9 Å². The fourth-order valence-corrected chi connectivity index (χ4v) is 4.27. The van der Waals surface area contributed by atoms with Gasteiger partial charge in [-0.2, -0.15) is 5.10 Å². The molecule has 2 amide bonds. The van der Waals surface area contributed by atoms with Gasteiger partial charge in [0.2, 0.25) is 5.91 Å². The zero-order valence-electron chi connectivity index (χ0n) is 22.6. The molecule has 2 rings (SSSR count). The van der Waals surface area contributed by atoms with Gasteiger partial charge in [0, 0.05) is 30.7 Å². The summed E-state index contributed by atoms with van der Waals surface area (Å²) in [5.41, 5.74) is 6.10. The van der Waals surface area contributed by atoms with E-state index in [1.807, 2.05) is 6.21 Å². The summed E-state index contributed by atoms with van der Waals surface area (Å²) in [6.45, 7) is 7.09. The molecule has 7 heteroatoms. The maximum absolute atomic E-state index is 12.3. The van der Waals surface area contributed by atoms with Crippen molar-refractivity contribution in [3.63, 3.8) is 0 Å². The molecule has 0 saturated heterocycles. The maximum Gasteiger partial charge on any atom is 0.251 e. The second kappa shape index (κ2) is 15.8. The highest BCUT2D eigenvalue weighted by atomic mass is 16.5. The zero-order chi connectivity index (χ0) is 26.3. The minimum absolute atomic E-state index is 0.0676. The fraction of sp³-hybridized carbons (Fsp3) is 0.552. The number of nitrogens with zero attached hydrogens (tertiary/aromatic N) is 1. The molecule has 36 heavy (non-hydrogen) atoms. The molecule has 0 heterocycles. The Balaban J connectivity index is 1.59. The molecule has 2 atom stereocenters. The van der Waals surface area contributed by atoms with Crippen molar-refractivity contribution in [2.24, 2.45) is 16.9 Å². The third-order valence-electron chi connectivity index (χ3n) is 6.48. The van der Waals surface area contributed by atoms with E-state index in [-0.39, 0.29) is 11.8 Å². The van der Waals surface area contributed by atoms with Crippen LogP contribution < -0.4 is 20.2 Å². The summed E-state index contributed by atoms with van der Waals surface area (Å²) in [7, 11) is 3.10. The molecule has 0 bridgehead atoms. The molecule has 1 aliphatic carbocycles. The van der Waals surface area contributed by atoms with Gasteiger partial charge in [0.15, 0.2) is 11.5 Å². The predicted molar refractivity (Wildman–Crippen MR) is 146 cm³/mol. The molecule has 1 aromatic rings.